The zero-order chi connectivity index (χ0) is 9.54. The Labute approximate surface area is 86.9 Å². The zero-order valence-electron chi connectivity index (χ0n) is 8.99. The lowest BCUT2D eigenvalue weighted by Gasteiger charge is -2.35. The van der Waals surface area contributed by atoms with Crippen molar-refractivity contribution in [2.24, 2.45) is 23.7 Å². The minimum atomic E-state index is 0.0351. The van der Waals surface area contributed by atoms with Gasteiger partial charge in [0.05, 0.1) is 6.10 Å². The highest BCUT2D eigenvalue weighted by atomic mass is 16.3. The van der Waals surface area contributed by atoms with Crippen LogP contribution in [0.15, 0.2) is 0 Å². The van der Waals surface area contributed by atoms with E-state index in [1.54, 1.807) is 0 Å². The molecule has 3 aliphatic carbocycles. The van der Waals surface area contributed by atoms with Gasteiger partial charge in [-0.2, -0.15) is 0 Å². The molecule has 1 heteroatoms. The summed E-state index contributed by atoms with van der Waals surface area (Å²) in [5, 5.41) is 9.71. The van der Waals surface area contributed by atoms with Gasteiger partial charge in [0, 0.05) is 0 Å². The molecule has 0 aliphatic heterocycles. The van der Waals surface area contributed by atoms with E-state index in [-0.39, 0.29) is 6.10 Å². The molecule has 0 unspecified atom stereocenters. The summed E-state index contributed by atoms with van der Waals surface area (Å²) in [7, 11) is 0. The fraction of sp³-hybridized carbons (Fsp3) is 1.00. The molecular weight excluding hydrogens is 172 g/mol. The van der Waals surface area contributed by atoms with Crippen LogP contribution in [-0.4, -0.2) is 11.2 Å². The summed E-state index contributed by atoms with van der Waals surface area (Å²) < 4.78 is 0. The highest BCUT2D eigenvalue weighted by Gasteiger charge is 2.43. The molecule has 0 saturated heterocycles. The molecule has 3 fully saturated rings. The van der Waals surface area contributed by atoms with Crippen LogP contribution >= 0.6 is 0 Å². The number of fused-ring (bicyclic) bond motifs is 2. The highest BCUT2D eigenvalue weighted by molar-refractivity contribution is 4.94. The van der Waals surface area contributed by atoms with Crippen LogP contribution in [0.5, 0.6) is 0 Å². The average molecular weight is 194 g/mol. The maximum atomic E-state index is 9.71. The monoisotopic (exact) mass is 194 g/mol. The second kappa shape index (κ2) is 3.52. The second-order valence-electron chi connectivity index (χ2n) is 5.92. The van der Waals surface area contributed by atoms with Crippen LogP contribution in [-0.2, 0) is 0 Å². The zero-order valence-corrected chi connectivity index (χ0v) is 8.99. The van der Waals surface area contributed by atoms with Gasteiger partial charge in [0.2, 0.25) is 0 Å². The van der Waals surface area contributed by atoms with Crippen LogP contribution in [0, 0.1) is 23.7 Å². The molecule has 0 radical (unpaired) electrons. The molecule has 1 N–H and O–H groups in total. The predicted molar refractivity (Wildman–Crippen MR) is 56.9 cm³/mol. The lowest BCUT2D eigenvalue weighted by Crippen LogP contribution is -2.28. The number of aliphatic hydroxyl groups is 1. The van der Waals surface area contributed by atoms with Gasteiger partial charge in [0.25, 0.3) is 0 Å². The van der Waals surface area contributed by atoms with Crippen molar-refractivity contribution in [3.63, 3.8) is 0 Å². The first-order valence-corrected chi connectivity index (χ1v) is 6.51. The summed E-state index contributed by atoms with van der Waals surface area (Å²) in [6.07, 6.45) is 10.9. The fourth-order valence-corrected chi connectivity index (χ4v) is 4.46. The van der Waals surface area contributed by atoms with E-state index in [9.17, 15) is 5.11 Å². The van der Waals surface area contributed by atoms with E-state index in [1.807, 2.05) is 0 Å². The first-order valence-electron chi connectivity index (χ1n) is 6.51. The van der Waals surface area contributed by atoms with Crippen LogP contribution < -0.4 is 0 Å². The SMILES string of the molecule is O[C@H]1CCC[C@@H]([C@@H]2C[C@@H]3CC[C@@H]2C3)C1. The minimum absolute atomic E-state index is 0.0351. The van der Waals surface area contributed by atoms with Crippen LogP contribution in [0.3, 0.4) is 0 Å². The summed E-state index contributed by atoms with van der Waals surface area (Å²) in [4.78, 5) is 0. The molecule has 14 heavy (non-hydrogen) atoms. The molecule has 3 saturated carbocycles. The lowest BCUT2D eigenvalue weighted by atomic mass is 9.72. The Morgan fingerprint density at radius 2 is 1.64 bits per heavy atom. The van der Waals surface area contributed by atoms with Crippen molar-refractivity contribution in [1.82, 2.24) is 0 Å². The first-order chi connectivity index (χ1) is 6.83. The van der Waals surface area contributed by atoms with Crippen molar-refractivity contribution >= 4 is 0 Å². The minimum Gasteiger partial charge on any atom is -0.393 e. The molecule has 1 nitrogen and oxygen atoms in total. The Balaban J connectivity index is 1.65. The van der Waals surface area contributed by atoms with Gasteiger partial charge < -0.3 is 5.11 Å². The van der Waals surface area contributed by atoms with E-state index in [4.69, 9.17) is 0 Å². The van der Waals surface area contributed by atoms with Gasteiger partial charge in [-0.15, -0.1) is 0 Å². The van der Waals surface area contributed by atoms with Gasteiger partial charge in [0.15, 0.2) is 0 Å². The smallest absolute Gasteiger partial charge is 0.0543 e. The molecular formula is C13H22O. The predicted octanol–water partition coefficient (Wildman–Crippen LogP) is 2.97. The van der Waals surface area contributed by atoms with E-state index in [1.165, 1.54) is 38.5 Å². The number of hydrogen-bond acceptors (Lipinski definition) is 1. The molecule has 3 rings (SSSR count). The Bertz CT molecular complexity index is 213. The molecule has 0 amide bonds. The molecule has 3 aliphatic rings. The van der Waals surface area contributed by atoms with Gasteiger partial charge in [-0.25, -0.2) is 0 Å². The van der Waals surface area contributed by atoms with Gasteiger partial charge in [0.1, 0.15) is 0 Å². The number of hydrogen-bond donors (Lipinski definition) is 1. The van der Waals surface area contributed by atoms with Crippen LogP contribution in [0.4, 0.5) is 0 Å². The van der Waals surface area contributed by atoms with Crippen molar-refractivity contribution in [2.45, 2.75) is 57.5 Å². The Morgan fingerprint density at radius 1 is 0.786 bits per heavy atom. The third kappa shape index (κ3) is 1.50. The summed E-state index contributed by atoms with van der Waals surface area (Å²) in [6, 6.07) is 0. The Hall–Kier alpha value is -0.0400. The van der Waals surface area contributed by atoms with Crippen molar-refractivity contribution < 1.29 is 5.11 Å². The molecule has 2 bridgehead atoms. The van der Waals surface area contributed by atoms with Gasteiger partial charge in [-0.05, 0) is 62.2 Å². The molecule has 80 valence electrons. The summed E-state index contributed by atoms with van der Waals surface area (Å²) in [5.74, 6) is 4.01. The van der Waals surface area contributed by atoms with Crippen LogP contribution in [0.25, 0.3) is 0 Å². The second-order valence-corrected chi connectivity index (χ2v) is 5.92. The van der Waals surface area contributed by atoms with Crippen LogP contribution in [0.1, 0.15) is 51.4 Å². The highest BCUT2D eigenvalue weighted by Crippen LogP contribution is 2.53. The molecule has 0 aromatic heterocycles. The van der Waals surface area contributed by atoms with Crippen molar-refractivity contribution in [3.8, 4) is 0 Å². The fourth-order valence-electron chi connectivity index (χ4n) is 4.46. The summed E-state index contributed by atoms with van der Waals surface area (Å²) in [6.45, 7) is 0. The van der Waals surface area contributed by atoms with Gasteiger partial charge >= 0.3 is 0 Å². The number of aliphatic hydroxyl groups excluding tert-OH is 1. The topological polar surface area (TPSA) is 20.2 Å². The maximum absolute atomic E-state index is 9.71. The molecule has 0 spiro atoms. The molecule has 5 atom stereocenters. The van der Waals surface area contributed by atoms with Gasteiger partial charge in [-0.1, -0.05) is 12.8 Å². The van der Waals surface area contributed by atoms with E-state index in [0.717, 1.165) is 36.5 Å². The third-order valence-electron chi connectivity index (χ3n) is 5.09. The van der Waals surface area contributed by atoms with E-state index >= 15 is 0 Å². The third-order valence-corrected chi connectivity index (χ3v) is 5.09. The first kappa shape index (κ1) is 9.21. The number of rotatable bonds is 1. The molecule has 0 aromatic carbocycles. The lowest BCUT2D eigenvalue weighted by molar-refractivity contribution is 0.0650. The average Bonchev–Trinajstić information content (AvgIpc) is 2.78. The molecule has 0 heterocycles. The Kier molecular flexibility index (Phi) is 2.31. The Morgan fingerprint density at radius 3 is 2.29 bits per heavy atom. The quantitative estimate of drug-likeness (QED) is 0.680. The van der Waals surface area contributed by atoms with Crippen molar-refractivity contribution in [2.75, 3.05) is 0 Å². The van der Waals surface area contributed by atoms with Gasteiger partial charge in [-0.3, -0.25) is 0 Å². The van der Waals surface area contributed by atoms with Crippen molar-refractivity contribution in [3.05, 3.63) is 0 Å². The maximum Gasteiger partial charge on any atom is 0.0543 e. The van der Waals surface area contributed by atoms with Crippen LogP contribution in [0.2, 0.25) is 0 Å². The van der Waals surface area contributed by atoms with Crippen molar-refractivity contribution in [1.29, 1.82) is 0 Å². The molecule has 0 aromatic rings. The van der Waals surface area contributed by atoms with E-state index in [2.05, 4.69) is 0 Å². The van der Waals surface area contributed by atoms with E-state index in [0.29, 0.717) is 0 Å². The van der Waals surface area contributed by atoms with E-state index < -0.39 is 0 Å². The standard InChI is InChI=1S/C13H22O/c14-12-3-1-2-10(8-12)13-7-9-4-5-11(13)6-9/h9-14H,1-8H2/t9-,10-,11-,12+,13+/m1/s1. The largest absolute Gasteiger partial charge is 0.393 e. The summed E-state index contributed by atoms with van der Waals surface area (Å²) >= 11 is 0. The summed E-state index contributed by atoms with van der Waals surface area (Å²) in [5.41, 5.74) is 0. The normalized spacial score (nSPS) is 52.5.